The third-order valence-electron chi connectivity index (χ3n) is 6.44. The monoisotopic (exact) mass is 498 g/mol. The van der Waals surface area contributed by atoms with Crippen molar-refractivity contribution in [1.29, 1.82) is 0 Å². The molecule has 7 N–H and O–H groups in total. The zero-order chi connectivity index (χ0) is 25.3. The van der Waals surface area contributed by atoms with Crippen LogP contribution in [0.25, 0.3) is 0 Å². The van der Waals surface area contributed by atoms with Gasteiger partial charge in [-0.05, 0) is 27.2 Å². The van der Waals surface area contributed by atoms with Crippen LogP contribution in [0.5, 0.6) is 0 Å². The average molecular weight is 499 g/mol. The Labute approximate surface area is 197 Å². The lowest BCUT2D eigenvalue weighted by atomic mass is 9.96. The summed E-state index contributed by atoms with van der Waals surface area (Å²) in [5, 5.41) is 71.9. The van der Waals surface area contributed by atoms with Crippen molar-refractivity contribution in [2.45, 2.75) is 126 Å². The third-order valence-corrected chi connectivity index (χ3v) is 6.44. The van der Waals surface area contributed by atoms with Gasteiger partial charge in [-0.15, -0.1) is 0 Å². The molecule has 0 unspecified atom stereocenters. The highest BCUT2D eigenvalue weighted by atomic mass is 16.8. The summed E-state index contributed by atoms with van der Waals surface area (Å²) in [5.41, 5.74) is 0. The van der Waals surface area contributed by atoms with Gasteiger partial charge in [-0.1, -0.05) is 6.92 Å². The summed E-state index contributed by atoms with van der Waals surface area (Å²) >= 11 is 0. The molecule has 3 saturated heterocycles. The summed E-state index contributed by atoms with van der Waals surface area (Å²) in [4.78, 5) is 0. The fraction of sp³-hybridized carbons (Fsp3) is 1.00. The summed E-state index contributed by atoms with van der Waals surface area (Å²) < 4.78 is 34.3. The Hall–Kier alpha value is -0.520. The van der Waals surface area contributed by atoms with Crippen LogP contribution in [0.4, 0.5) is 0 Å². The summed E-state index contributed by atoms with van der Waals surface area (Å²) in [6.07, 6.45) is -18.8. The molecule has 13 heteroatoms. The first-order valence-electron chi connectivity index (χ1n) is 11.6. The van der Waals surface area contributed by atoms with Gasteiger partial charge in [0.2, 0.25) is 0 Å². The third kappa shape index (κ3) is 5.72. The second-order valence-corrected chi connectivity index (χ2v) is 9.14. The smallest absolute Gasteiger partial charge is 0.187 e. The molecule has 15 atom stereocenters. The van der Waals surface area contributed by atoms with Gasteiger partial charge >= 0.3 is 0 Å². The first kappa shape index (κ1) is 28.1. The van der Waals surface area contributed by atoms with Crippen molar-refractivity contribution in [3.63, 3.8) is 0 Å². The minimum atomic E-state index is -1.64. The molecular weight excluding hydrogens is 460 g/mol. The minimum absolute atomic E-state index is 0.260. The van der Waals surface area contributed by atoms with Crippen molar-refractivity contribution in [2.75, 3.05) is 6.61 Å². The fourth-order valence-corrected chi connectivity index (χ4v) is 4.21. The van der Waals surface area contributed by atoms with Crippen LogP contribution in [0.1, 0.15) is 34.1 Å². The average Bonchev–Trinajstić information content (AvgIpc) is 2.81. The van der Waals surface area contributed by atoms with Gasteiger partial charge in [-0.3, -0.25) is 0 Å². The van der Waals surface area contributed by atoms with Crippen molar-refractivity contribution in [3.05, 3.63) is 0 Å². The van der Waals surface area contributed by atoms with Crippen molar-refractivity contribution >= 4 is 0 Å². The molecule has 3 heterocycles. The Morgan fingerprint density at radius 3 is 1.41 bits per heavy atom. The van der Waals surface area contributed by atoms with Crippen LogP contribution in [0, 0.1) is 0 Å². The Kier molecular flexibility index (Phi) is 9.64. The van der Waals surface area contributed by atoms with Gasteiger partial charge in [0.05, 0.1) is 18.3 Å². The number of hydrogen-bond donors (Lipinski definition) is 7. The number of hydrogen-bond acceptors (Lipinski definition) is 13. The van der Waals surface area contributed by atoms with E-state index in [9.17, 15) is 35.7 Å². The highest BCUT2D eigenvalue weighted by Gasteiger charge is 2.53. The van der Waals surface area contributed by atoms with Crippen LogP contribution in [0.3, 0.4) is 0 Å². The quantitative estimate of drug-likeness (QED) is 0.187. The molecule has 3 rings (SSSR count). The van der Waals surface area contributed by atoms with E-state index < -0.39 is 92.1 Å². The molecule has 0 spiro atoms. The van der Waals surface area contributed by atoms with E-state index in [2.05, 4.69) is 0 Å². The lowest BCUT2D eigenvalue weighted by molar-refractivity contribution is -0.387. The summed E-state index contributed by atoms with van der Waals surface area (Å²) in [6.45, 7) is 6.69. The largest absolute Gasteiger partial charge is 0.388 e. The zero-order valence-electron chi connectivity index (χ0n) is 19.7. The standard InChI is InChI=1S/C21H38O13/c1-5-6-29-21-18(34-20-16(28)14(26)11(23)8(3)31-20)17(12(24)9(4)32-21)33-19-15(27)13(25)10(22)7(2)30-19/h7-28H,5-6H2,1-4H3/t7-,8-,9-,10+,11+,12+,13+,14+,15-,16-,17+,18-,19-,20-,21+/m0/s1. The Morgan fingerprint density at radius 1 is 0.529 bits per heavy atom. The number of aliphatic hydroxyl groups excluding tert-OH is 7. The maximum absolute atomic E-state index is 10.9. The number of rotatable bonds is 7. The van der Waals surface area contributed by atoms with E-state index in [-0.39, 0.29) is 6.61 Å². The van der Waals surface area contributed by atoms with E-state index in [4.69, 9.17) is 28.4 Å². The van der Waals surface area contributed by atoms with E-state index in [0.29, 0.717) is 6.42 Å². The first-order chi connectivity index (χ1) is 16.0. The molecular formula is C21H38O13. The maximum Gasteiger partial charge on any atom is 0.187 e. The van der Waals surface area contributed by atoms with Gasteiger partial charge < -0.3 is 64.2 Å². The van der Waals surface area contributed by atoms with Crippen molar-refractivity contribution in [3.8, 4) is 0 Å². The summed E-state index contributed by atoms with van der Waals surface area (Å²) in [7, 11) is 0. The molecule has 0 aromatic heterocycles. The topological polar surface area (TPSA) is 197 Å². The van der Waals surface area contributed by atoms with Crippen LogP contribution in [0.2, 0.25) is 0 Å². The van der Waals surface area contributed by atoms with Crippen molar-refractivity contribution in [1.82, 2.24) is 0 Å². The molecule has 13 nitrogen and oxygen atoms in total. The maximum atomic E-state index is 10.9. The minimum Gasteiger partial charge on any atom is -0.388 e. The first-order valence-corrected chi connectivity index (χ1v) is 11.6. The molecule has 0 radical (unpaired) electrons. The molecule has 0 aromatic carbocycles. The highest BCUT2D eigenvalue weighted by Crippen LogP contribution is 2.33. The van der Waals surface area contributed by atoms with E-state index in [1.807, 2.05) is 6.92 Å². The number of aliphatic hydroxyl groups is 7. The fourth-order valence-electron chi connectivity index (χ4n) is 4.21. The predicted octanol–water partition coefficient (Wildman–Crippen LogP) is -3.06. The molecule has 0 saturated carbocycles. The van der Waals surface area contributed by atoms with Gasteiger partial charge in [-0.2, -0.15) is 0 Å². The Morgan fingerprint density at radius 2 is 0.941 bits per heavy atom. The van der Waals surface area contributed by atoms with Gasteiger partial charge in [0.15, 0.2) is 18.9 Å². The molecule has 0 aromatic rings. The van der Waals surface area contributed by atoms with Gasteiger partial charge in [0.25, 0.3) is 0 Å². The molecule has 0 bridgehead atoms. The highest BCUT2D eigenvalue weighted by molar-refractivity contribution is 4.95. The second-order valence-electron chi connectivity index (χ2n) is 9.14. The van der Waals surface area contributed by atoms with Crippen molar-refractivity contribution < 1.29 is 64.2 Å². The van der Waals surface area contributed by atoms with E-state index in [0.717, 1.165) is 0 Å². The van der Waals surface area contributed by atoms with Crippen LogP contribution in [-0.2, 0) is 28.4 Å². The van der Waals surface area contributed by atoms with E-state index in [1.54, 1.807) is 6.92 Å². The molecule has 3 fully saturated rings. The zero-order valence-corrected chi connectivity index (χ0v) is 19.7. The van der Waals surface area contributed by atoms with Crippen LogP contribution < -0.4 is 0 Å². The Balaban J connectivity index is 1.85. The molecule has 0 aliphatic carbocycles. The molecule has 34 heavy (non-hydrogen) atoms. The van der Waals surface area contributed by atoms with Gasteiger partial charge in [0, 0.05) is 6.61 Å². The van der Waals surface area contributed by atoms with Crippen LogP contribution >= 0.6 is 0 Å². The van der Waals surface area contributed by atoms with Crippen LogP contribution in [-0.4, -0.2) is 134 Å². The SMILES string of the molecule is CCCO[C@@H]1O[C@@H](C)[C@@H](O)[C@@H](O[C@@H]2O[C@@H](C)[C@@H](O)[C@@H](O)[C@@H]2O)[C@@H]1O[C@@H]1O[C@@H](C)[C@@H](O)[C@@H](O)[C@@H]1O. The number of ether oxygens (including phenoxy) is 6. The molecule has 200 valence electrons. The van der Waals surface area contributed by atoms with Crippen LogP contribution in [0.15, 0.2) is 0 Å². The molecule has 3 aliphatic heterocycles. The summed E-state index contributed by atoms with van der Waals surface area (Å²) in [5.74, 6) is 0. The summed E-state index contributed by atoms with van der Waals surface area (Å²) in [6, 6.07) is 0. The Bertz CT molecular complexity index is 640. The van der Waals surface area contributed by atoms with E-state index >= 15 is 0 Å². The predicted molar refractivity (Wildman–Crippen MR) is 111 cm³/mol. The second kappa shape index (κ2) is 11.7. The van der Waals surface area contributed by atoms with E-state index in [1.165, 1.54) is 13.8 Å². The molecule has 0 amide bonds. The van der Waals surface area contributed by atoms with Crippen molar-refractivity contribution in [2.24, 2.45) is 0 Å². The molecule has 3 aliphatic rings. The van der Waals surface area contributed by atoms with Gasteiger partial charge in [0.1, 0.15) is 54.9 Å². The lowest BCUT2D eigenvalue weighted by Crippen LogP contribution is -2.66. The normalized spacial score (nSPS) is 52.5. The van der Waals surface area contributed by atoms with Gasteiger partial charge in [-0.25, -0.2) is 0 Å². The lowest BCUT2D eigenvalue weighted by Gasteiger charge is -2.48.